The van der Waals surface area contributed by atoms with E-state index in [0.717, 1.165) is 18.3 Å². The lowest BCUT2D eigenvalue weighted by molar-refractivity contribution is -0.112. The second-order valence-electron chi connectivity index (χ2n) is 13.4. The van der Waals surface area contributed by atoms with Crippen LogP contribution in [0.15, 0.2) is 0 Å². The average Bonchev–Trinajstić information content (AvgIpc) is 3.00. The van der Waals surface area contributed by atoms with Gasteiger partial charge in [-0.05, 0) is 43.1 Å². The lowest BCUT2D eigenvalue weighted by atomic mass is 9.21. The lowest BCUT2D eigenvalue weighted by Gasteiger charge is -2.56. The number of hydrogen-bond donors (Lipinski definition) is 0. The molecule has 5 aliphatic rings. The van der Waals surface area contributed by atoms with Gasteiger partial charge in [-0.25, -0.2) is 0 Å². The smallest absolute Gasteiger partial charge is 0.162 e. The van der Waals surface area contributed by atoms with Gasteiger partial charge in [0.15, 0.2) is 6.71 Å². The third-order valence-electron chi connectivity index (χ3n) is 11.0. The Labute approximate surface area is 218 Å². The van der Waals surface area contributed by atoms with Gasteiger partial charge in [0, 0.05) is 0 Å². The molecular weight excluding hydrogens is 427 g/mol. The number of hydrogen-bond acceptors (Lipinski definition) is 2. The van der Waals surface area contributed by atoms with Crippen molar-refractivity contribution in [2.24, 2.45) is 0 Å². The molecule has 3 saturated carbocycles. The third kappa shape index (κ3) is 7.10. The molecule has 0 amide bonds. The van der Waals surface area contributed by atoms with E-state index in [2.05, 4.69) is 0 Å². The summed E-state index contributed by atoms with van der Waals surface area (Å²) in [6, 6.07) is 0. The number of ether oxygens (including phenoxy) is 2. The van der Waals surface area contributed by atoms with Crippen molar-refractivity contribution in [3.05, 3.63) is 0 Å². The van der Waals surface area contributed by atoms with Gasteiger partial charge in [-0.15, -0.1) is 0 Å². The Bertz CT molecular complexity index is 596. The Morgan fingerprint density at radius 3 is 0.971 bits per heavy atom. The summed E-state index contributed by atoms with van der Waals surface area (Å²) < 4.78 is 14.5. The summed E-state index contributed by atoms with van der Waals surface area (Å²) in [5.74, 6) is 2.30. The zero-order chi connectivity index (χ0) is 23.7. The van der Waals surface area contributed by atoms with Crippen LogP contribution in [-0.4, -0.2) is 31.1 Å². The maximum atomic E-state index is 7.28. The van der Waals surface area contributed by atoms with Gasteiger partial charge in [0.05, 0.1) is 24.4 Å². The van der Waals surface area contributed by atoms with Crippen LogP contribution in [0.4, 0.5) is 0 Å². The molecule has 0 aromatic carbocycles. The molecule has 3 heteroatoms. The molecule has 0 aromatic heterocycles. The van der Waals surface area contributed by atoms with Crippen molar-refractivity contribution < 1.29 is 9.47 Å². The first-order chi connectivity index (χ1) is 17.4. The monoisotopic (exact) mass is 484 g/mol. The second-order valence-corrected chi connectivity index (χ2v) is 13.4. The lowest BCUT2D eigenvalue weighted by Crippen LogP contribution is -2.59. The van der Waals surface area contributed by atoms with E-state index >= 15 is 0 Å². The average molecular weight is 485 g/mol. The van der Waals surface area contributed by atoms with Crippen molar-refractivity contribution in [3.8, 4) is 0 Å². The molecule has 200 valence electrons. The van der Waals surface area contributed by atoms with E-state index in [1.165, 1.54) is 161 Å². The topological polar surface area (TPSA) is 18.5 Å². The molecule has 2 aliphatic heterocycles. The molecular formula is C32H57BO2. The van der Waals surface area contributed by atoms with Crippen LogP contribution in [0.2, 0.25) is 17.5 Å². The molecule has 2 heterocycles. The molecule has 7 unspecified atom stereocenters. The Balaban J connectivity index is 1.45. The van der Waals surface area contributed by atoms with Gasteiger partial charge in [-0.1, -0.05) is 135 Å². The summed E-state index contributed by atoms with van der Waals surface area (Å²) in [7, 11) is 0. The Hall–Kier alpha value is -0.0151. The third-order valence-corrected chi connectivity index (χ3v) is 11.0. The van der Waals surface area contributed by atoms with Gasteiger partial charge >= 0.3 is 0 Å². The van der Waals surface area contributed by atoms with Crippen LogP contribution in [0.1, 0.15) is 161 Å². The summed E-state index contributed by atoms with van der Waals surface area (Å²) in [5.41, 5.74) is 0. The SMILES string of the molecule is C1CCCCCC2OC3CCCCCCCC3B3C4CCCCCCCCC4OC(CCCC1)C32. The molecule has 7 atom stereocenters. The number of rotatable bonds is 0. The summed E-state index contributed by atoms with van der Waals surface area (Å²) in [6.45, 7) is 0.880. The molecule has 3 aliphatic carbocycles. The van der Waals surface area contributed by atoms with Crippen LogP contribution in [0.3, 0.4) is 0 Å². The van der Waals surface area contributed by atoms with Crippen molar-refractivity contribution in [3.63, 3.8) is 0 Å². The molecule has 5 fully saturated rings. The van der Waals surface area contributed by atoms with Gasteiger partial charge in [0.2, 0.25) is 0 Å². The first-order valence-corrected chi connectivity index (χ1v) is 16.7. The van der Waals surface area contributed by atoms with E-state index in [1.807, 2.05) is 0 Å². The predicted octanol–water partition coefficient (Wildman–Crippen LogP) is 9.92. The fourth-order valence-corrected chi connectivity index (χ4v) is 9.23. The van der Waals surface area contributed by atoms with Gasteiger partial charge in [0.1, 0.15) is 0 Å². The van der Waals surface area contributed by atoms with Gasteiger partial charge in [-0.2, -0.15) is 0 Å². The quantitative estimate of drug-likeness (QED) is 0.319. The zero-order valence-corrected chi connectivity index (χ0v) is 23.1. The Morgan fingerprint density at radius 1 is 0.314 bits per heavy atom. The fourth-order valence-electron chi connectivity index (χ4n) is 9.23. The molecule has 2 nitrogen and oxygen atoms in total. The van der Waals surface area contributed by atoms with E-state index in [4.69, 9.17) is 9.47 Å². The molecule has 0 N–H and O–H groups in total. The van der Waals surface area contributed by atoms with Crippen LogP contribution >= 0.6 is 0 Å². The van der Waals surface area contributed by atoms with Crippen LogP contribution in [0, 0.1) is 0 Å². The summed E-state index contributed by atoms with van der Waals surface area (Å²) >= 11 is 0. The Kier molecular flexibility index (Phi) is 10.8. The minimum absolute atomic E-state index is 0.475. The normalized spacial score (nSPS) is 41.1. The molecule has 5 rings (SSSR count). The van der Waals surface area contributed by atoms with Crippen LogP contribution in [0.25, 0.3) is 0 Å². The molecule has 0 radical (unpaired) electrons. The predicted molar refractivity (Wildman–Crippen MR) is 150 cm³/mol. The maximum absolute atomic E-state index is 7.28. The van der Waals surface area contributed by atoms with Crippen molar-refractivity contribution in [2.75, 3.05) is 0 Å². The van der Waals surface area contributed by atoms with Crippen molar-refractivity contribution in [1.82, 2.24) is 0 Å². The van der Waals surface area contributed by atoms with Crippen molar-refractivity contribution >= 4 is 6.71 Å². The highest BCUT2D eigenvalue weighted by atomic mass is 16.5. The minimum atomic E-state index is 0.475. The highest BCUT2D eigenvalue weighted by Gasteiger charge is 2.57. The van der Waals surface area contributed by atoms with E-state index in [9.17, 15) is 0 Å². The zero-order valence-electron chi connectivity index (χ0n) is 23.1. The first kappa shape index (κ1) is 26.6. The van der Waals surface area contributed by atoms with E-state index in [0.29, 0.717) is 30.2 Å². The Morgan fingerprint density at radius 2 is 0.600 bits per heavy atom. The largest absolute Gasteiger partial charge is 0.376 e. The van der Waals surface area contributed by atoms with E-state index in [-0.39, 0.29) is 0 Å². The molecule has 0 aromatic rings. The van der Waals surface area contributed by atoms with Crippen LogP contribution in [-0.2, 0) is 9.47 Å². The molecule has 35 heavy (non-hydrogen) atoms. The van der Waals surface area contributed by atoms with Crippen molar-refractivity contribution in [2.45, 2.75) is 202 Å². The van der Waals surface area contributed by atoms with Gasteiger partial charge in [0.25, 0.3) is 0 Å². The number of fused-ring (bicyclic) bond motifs is 4. The second kappa shape index (κ2) is 14.2. The maximum Gasteiger partial charge on any atom is 0.162 e. The van der Waals surface area contributed by atoms with Gasteiger partial charge < -0.3 is 9.47 Å². The van der Waals surface area contributed by atoms with Crippen LogP contribution < -0.4 is 0 Å². The summed E-state index contributed by atoms with van der Waals surface area (Å²) in [6.07, 6.45) is 37.4. The summed E-state index contributed by atoms with van der Waals surface area (Å²) in [4.78, 5) is 0. The fraction of sp³-hybridized carbons (Fsp3) is 1.00. The van der Waals surface area contributed by atoms with E-state index < -0.39 is 0 Å². The van der Waals surface area contributed by atoms with Crippen LogP contribution in [0.5, 0.6) is 0 Å². The van der Waals surface area contributed by atoms with E-state index in [1.54, 1.807) is 0 Å². The molecule has 0 bridgehead atoms. The summed E-state index contributed by atoms with van der Waals surface area (Å²) in [5, 5.41) is 0. The first-order valence-electron chi connectivity index (χ1n) is 16.7. The molecule has 2 saturated heterocycles. The highest BCUT2D eigenvalue weighted by Crippen LogP contribution is 2.56. The highest BCUT2D eigenvalue weighted by molar-refractivity contribution is 6.65. The van der Waals surface area contributed by atoms with Crippen molar-refractivity contribution in [1.29, 1.82) is 0 Å². The minimum Gasteiger partial charge on any atom is -0.376 e. The standard InChI is InChI=1S/C32H57BO2/c1-2-4-12-19-25-31-32-30(24-18-11-3-1)34-28-22-16-10-6-5-8-14-20-26(28)33(32)27-21-15-9-7-13-17-23-29(27)35-31/h26-32H,1-25H2. The molecule has 0 spiro atoms. The van der Waals surface area contributed by atoms with Gasteiger partial charge in [-0.3, -0.25) is 0 Å².